The van der Waals surface area contributed by atoms with Gasteiger partial charge in [-0.15, -0.1) is 4.80 Å². The fraction of sp³-hybridized carbons (Fsp3) is 0.350. The number of carbonyl (C=O) groups is 1. The minimum absolute atomic E-state index is 0.0286. The first-order valence-corrected chi connectivity index (χ1v) is 9.51. The molecule has 0 bridgehead atoms. The highest BCUT2D eigenvalue weighted by Gasteiger charge is 2.27. The number of alkyl halides is 2. The van der Waals surface area contributed by atoms with Crippen molar-refractivity contribution >= 4 is 5.91 Å². The molecule has 164 valence electrons. The van der Waals surface area contributed by atoms with Crippen molar-refractivity contribution in [1.29, 1.82) is 0 Å². The monoisotopic (exact) mass is 434 g/mol. The summed E-state index contributed by atoms with van der Waals surface area (Å²) in [5.41, 5.74) is -0.422. The number of hydrogen-bond acceptors (Lipinski definition) is 6. The Morgan fingerprint density at radius 3 is 2.52 bits per heavy atom. The normalized spacial score (nSPS) is 12.5. The molecule has 0 unspecified atom stereocenters. The summed E-state index contributed by atoms with van der Waals surface area (Å²) in [4.78, 5) is 23.2. The second-order valence-corrected chi connectivity index (χ2v) is 6.83. The third-order valence-corrected chi connectivity index (χ3v) is 4.52. The van der Waals surface area contributed by atoms with Crippen LogP contribution in [-0.2, 0) is 5.92 Å². The maximum Gasteiger partial charge on any atom is 0.288 e. The minimum Gasteiger partial charge on any atom is -0.474 e. The summed E-state index contributed by atoms with van der Waals surface area (Å²) < 4.78 is 46.5. The lowest BCUT2D eigenvalue weighted by Crippen LogP contribution is -2.42. The fourth-order valence-corrected chi connectivity index (χ4v) is 2.95. The average molecular weight is 434 g/mol. The van der Waals surface area contributed by atoms with Crippen LogP contribution in [0.1, 0.15) is 36.8 Å². The van der Waals surface area contributed by atoms with E-state index in [1.165, 1.54) is 35.5 Å². The van der Waals surface area contributed by atoms with Gasteiger partial charge in [-0.25, -0.2) is 14.4 Å². The molecule has 0 aliphatic rings. The highest BCUT2D eigenvalue weighted by Crippen LogP contribution is 2.25. The standard InChI is InChI=1S/C20H21F3N6O2/c1-4-28(13(2)12-31-17-11-24-16(10-25-17)20(3,22)23)19(30)14-6-5-7-15(21)18(14)29-26-8-9-27-29/h5-11,13H,4,12H2,1-3H3/t13-/m0/s1. The van der Waals surface area contributed by atoms with Gasteiger partial charge in [0.15, 0.2) is 5.82 Å². The highest BCUT2D eigenvalue weighted by atomic mass is 19.3. The van der Waals surface area contributed by atoms with Gasteiger partial charge in [-0.1, -0.05) is 6.07 Å². The van der Waals surface area contributed by atoms with Crippen LogP contribution < -0.4 is 4.74 Å². The zero-order valence-electron chi connectivity index (χ0n) is 17.2. The summed E-state index contributed by atoms with van der Waals surface area (Å²) in [6.07, 6.45) is 4.81. The van der Waals surface area contributed by atoms with Gasteiger partial charge in [0.2, 0.25) is 5.88 Å². The smallest absolute Gasteiger partial charge is 0.288 e. The van der Waals surface area contributed by atoms with Gasteiger partial charge in [0, 0.05) is 13.5 Å². The minimum atomic E-state index is -3.10. The van der Waals surface area contributed by atoms with Gasteiger partial charge >= 0.3 is 0 Å². The summed E-state index contributed by atoms with van der Waals surface area (Å²) in [5.74, 6) is -4.12. The van der Waals surface area contributed by atoms with E-state index in [4.69, 9.17) is 4.74 Å². The van der Waals surface area contributed by atoms with Crippen LogP contribution in [0.25, 0.3) is 5.69 Å². The molecule has 0 N–H and O–H groups in total. The lowest BCUT2D eigenvalue weighted by Gasteiger charge is -2.28. The number of halogens is 3. The molecule has 2 aromatic heterocycles. The molecule has 1 atom stereocenters. The first-order valence-electron chi connectivity index (χ1n) is 9.51. The van der Waals surface area contributed by atoms with Crippen LogP contribution in [0.3, 0.4) is 0 Å². The predicted molar refractivity (Wildman–Crippen MR) is 105 cm³/mol. The van der Waals surface area contributed by atoms with E-state index in [1.807, 2.05) is 0 Å². The molecule has 1 aromatic carbocycles. The molecule has 1 amide bonds. The zero-order valence-corrected chi connectivity index (χ0v) is 17.2. The molecule has 2 heterocycles. The van der Waals surface area contributed by atoms with Gasteiger partial charge in [0.05, 0.1) is 36.4 Å². The van der Waals surface area contributed by atoms with Crippen LogP contribution in [0.15, 0.2) is 43.0 Å². The second-order valence-electron chi connectivity index (χ2n) is 6.83. The number of aromatic nitrogens is 5. The maximum absolute atomic E-state index is 14.5. The summed E-state index contributed by atoms with van der Waals surface area (Å²) in [5, 5.41) is 7.84. The summed E-state index contributed by atoms with van der Waals surface area (Å²) >= 11 is 0. The van der Waals surface area contributed by atoms with Crippen molar-refractivity contribution in [3.63, 3.8) is 0 Å². The first kappa shape index (κ1) is 22.2. The van der Waals surface area contributed by atoms with E-state index < -0.39 is 29.4 Å². The number of benzene rings is 1. The van der Waals surface area contributed by atoms with E-state index in [2.05, 4.69) is 20.2 Å². The molecule has 3 rings (SSSR count). The van der Waals surface area contributed by atoms with E-state index in [1.54, 1.807) is 13.8 Å². The van der Waals surface area contributed by atoms with Crippen molar-refractivity contribution in [2.24, 2.45) is 0 Å². The number of nitrogens with zero attached hydrogens (tertiary/aromatic N) is 6. The third-order valence-electron chi connectivity index (χ3n) is 4.52. The lowest BCUT2D eigenvalue weighted by molar-refractivity contribution is 0.0121. The van der Waals surface area contributed by atoms with E-state index in [0.717, 1.165) is 24.1 Å². The van der Waals surface area contributed by atoms with Crippen LogP contribution >= 0.6 is 0 Å². The van der Waals surface area contributed by atoms with Crippen molar-refractivity contribution in [2.45, 2.75) is 32.7 Å². The number of likely N-dealkylation sites (N-methyl/N-ethyl adjacent to an activating group) is 1. The van der Waals surface area contributed by atoms with Crippen LogP contribution in [0.2, 0.25) is 0 Å². The van der Waals surface area contributed by atoms with E-state index in [-0.39, 0.29) is 23.7 Å². The predicted octanol–water partition coefficient (Wildman–Crippen LogP) is 3.24. The molecule has 11 heteroatoms. The van der Waals surface area contributed by atoms with Gasteiger partial charge in [0.25, 0.3) is 11.8 Å². The van der Waals surface area contributed by atoms with Gasteiger partial charge in [-0.2, -0.15) is 19.0 Å². The molecule has 0 aliphatic heterocycles. The van der Waals surface area contributed by atoms with Crippen molar-refractivity contribution in [2.75, 3.05) is 13.2 Å². The average Bonchev–Trinajstić information content (AvgIpc) is 3.26. The quantitative estimate of drug-likeness (QED) is 0.541. The summed E-state index contributed by atoms with van der Waals surface area (Å²) in [6.45, 7) is 4.59. The number of rotatable bonds is 8. The molecule has 3 aromatic rings. The van der Waals surface area contributed by atoms with Crippen molar-refractivity contribution in [3.05, 3.63) is 60.1 Å². The molecule has 0 aliphatic carbocycles. The maximum atomic E-state index is 14.5. The molecule has 0 radical (unpaired) electrons. The van der Waals surface area contributed by atoms with E-state index in [0.29, 0.717) is 6.54 Å². The molecule has 0 saturated heterocycles. The van der Waals surface area contributed by atoms with Crippen LogP contribution in [0.4, 0.5) is 13.2 Å². The van der Waals surface area contributed by atoms with Crippen molar-refractivity contribution in [3.8, 4) is 11.6 Å². The number of carbonyl (C=O) groups excluding carboxylic acids is 1. The molecular weight excluding hydrogens is 413 g/mol. The van der Waals surface area contributed by atoms with Gasteiger partial charge in [-0.3, -0.25) is 4.79 Å². The topological polar surface area (TPSA) is 86.0 Å². The number of hydrogen-bond donors (Lipinski definition) is 0. The number of ether oxygens (including phenoxy) is 1. The Hall–Kier alpha value is -3.50. The van der Waals surface area contributed by atoms with Crippen molar-refractivity contribution < 1.29 is 22.7 Å². The molecule has 0 spiro atoms. The van der Waals surface area contributed by atoms with Crippen LogP contribution in [0.5, 0.6) is 5.88 Å². The highest BCUT2D eigenvalue weighted by molar-refractivity contribution is 5.98. The van der Waals surface area contributed by atoms with E-state index in [9.17, 15) is 18.0 Å². The van der Waals surface area contributed by atoms with Gasteiger partial charge in [-0.05, 0) is 26.0 Å². The Balaban J connectivity index is 1.75. The Morgan fingerprint density at radius 2 is 1.94 bits per heavy atom. The SMILES string of the molecule is CCN(C(=O)c1cccc(F)c1-n1nccn1)[C@@H](C)COc1cnc(C(C)(F)F)cn1. The molecule has 8 nitrogen and oxygen atoms in total. The molecular formula is C20H21F3N6O2. The Labute approximate surface area is 176 Å². The van der Waals surface area contributed by atoms with Gasteiger partial charge in [0.1, 0.15) is 18.0 Å². The summed E-state index contributed by atoms with van der Waals surface area (Å²) in [6, 6.07) is 3.72. The van der Waals surface area contributed by atoms with Crippen molar-refractivity contribution in [1.82, 2.24) is 29.9 Å². The van der Waals surface area contributed by atoms with Gasteiger partial charge < -0.3 is 9.64 Å². The van der Waals surface area contributed by atoms with E-state index >= 15 is 0 Å². The molecule has 0 fully saturated rings. The molecule has 31 heavy (non-hydrogen) atoms. The van der Waals surface area contributed by atoms with Crippen LogP contribution in [0, 0.1) is 5.82 Å². The number of amides is 1. The Kier molecular flexibility index (Phi) is 6.52. The first-order chi connectivity index (χ1) is 14.7. The Morgan fingerprint density at radius 1 is 1.23 bits per heavy atom. The van der Waals surface area contributed by atoms with Crippen LogP contribution in [-0.4, -0.2) is 55.0 Å². The number of para-hydroxylation sites is 1. The Bertz CT molecular complexity index is 1020. The molecule has 0 saturated carbocycles. The zero-order chi connectivity index (χ0) is 22.6. The fourth-order valence-electron chi connectivity index (χ4n) is 2.95. The largest absolute Gasteiger partial charge is 0.474 e. The summed E-state index contributed by atoms with van der Waals surface area (Å²) in [7, 11) is 0. The third kappa shape index (κ3) is 4.98. The second kappa shape index (κ2) is 9.11. The lowest BCUT2D eigenvalue weighted by atomic mass is 10.1.